The quantitative estimate of drug-likeness (QED) is 0.877. The Balaban J connectivity index is 1.80. The topological polar surface area (TPSA) is 64.4 Å². The number of methoxy groups -OCH3 is 1. The first-order valence-electron chi connectivity index (χ1n) is 6.48. The van der Waals surface area contributed by atoms with Crippen LogP contribution in [0, 0.1) is 6.92 Å². The Bertz CT molecular complexity index is 578. The smallest absolute Gasteiger partial charge is 0.220 e. The van der Waals surface area contributed by atoms with E-state index in [1.165, 1.54) is 0 Å². The first-order chi connectivity index (χ1) is 9.69. The van der Waals surface area contributed by atoms with Crippen LogP contribution in [-0.4, -0.2) is 18.0 Å². The lowest BCUT2D eigenvalue weighted by atomic mass is 10.1. The molecule has 5 nitrogen and oxygen atoms in total. The molecule has 0 atom stereocenters. The van der Waals surface area contributed by atoms with Gasteiger partial charge >= 0.3 is 0 Å². The maximum absolute atomic E-state index is 11.8. The molecule has 0 aliphatic heterocycles. The second-order valence-electron chi connectivity index (χ2n) is 4.45. The first kappa shape index (κ1) is 14.1. The molecule has 1 amide bonds. The summed E-state index contributed by atoms with van der Waals surface area (Å²) >= 11 is 0. The van der Waals surface area contributed by atoms with Crippen molar-refractivity contribution < 1.29 is 13.9 Å². The van der Waals surface area contributed by atoms with E-state index in [4.69, 9.17) is 9.15 Å². The van der Waals surface area contributed by atoms with Crippen LogP contribution < -0.4 is 10.1 Å². The minimum atomic E-state index is -0.0171. The lowest BCUT2D eigenvalue weighted by Gasteiger charge is -2.08. The predicted molar refractivity (Wildman–Crippen MR) is 74.4 cm³/mol. The Morgan fingerprint density at radius 2 is 2.20 bits per heavy atom. The molecule has 0 saturated carbocycles. The molecule has 0 aliphatic rings. The SMILES string of the molecule is COc1ccccc1CCC(=O)NCc1coc(C)n1. The summed E-state index contributed by atoms with van der Waals surface area (Å²) in [4.78, 5) is 15.9. The van der Waals surface area contributed by atoms with E-state index in [0.717, 1.165) is 17.0 Å². The number of amides is 1. The fourth-order valence-corrected chi connectivity index (χ4v) is 1.92. The zero-order valence-corrected chi connectivity index (χ0v) is 11.7. The molecule has 1 heterocycles. The van der Waals surface area contributed by atoms with Gasteiger partial charge in [0.1, 0.15) is 12.0 Å². The number of aromatic nitrogens is 1. The number of rotatable bonds is 6. The van der Waals surface area contributed by atoms with Gasteiger partial charge in [0, 0.05) is 13.3 Å². The van der Waals surface area contributed by atoms with Crippen molar-refractivity contribution in [3.05, 3.63) is 47.7 Å². The van der Waals surface area contributed by atoms with Gasteiger partial charge in [-0.2, -0.15) is 0 Å². The molecule has 0 saturated heterocycles. The monoisotopic (exact) mass is 274 g/mol. The lowest BCUT2D eigenvalue weighted by Crippen LogP contribution is -2.23. The fraction of sp³-hybridized carbons (Fsp3) is 0.333. The third-order valence-electron chi connectivity index (χ3n) is 2.95. The number of para-hydroxylation sites is 1. The van der Waals surface area contributed by atoms with Crippen LogP contribution in [0.1, 0.15) is 23.6 Å². The number of ether oxygens (including phenoxy) is 1. The van der Waals surface area contributed by atoms with E-state index >= 15 is 0 Å². The van der Waals surface area contributed by atoms with E-state index in [0.29, 0.717) is 25.3 Å². The van der Waals surface area contributed by atoms with Crippen LogP contribution in [0.4, 0.5) is 0 Å². The summed E-state index contributed by atoms with van der Waals surface area (Å²) in [5.74, 6) is 1.40. The average Bonchev–Trinajstić information content (AvgIpc) is 2.89. The maximum atomic E-state index is 11.8. The second-order valence-corrected chi connectivity index (χ2v) is 4.45. The molecule has 106 valence electrons. The summed E-state index contributed by atoms with van der Waals surface area (Å²) in [6.07, 6.45) is 2.61. The van der Waals surface area contributed by atoms with Gasteiger partial charge in [0.2, 0.25) is 5.91 Å². The maximum Gasteiger partial charge on any atom is 0.220 e. The number of hydrogen-bond donors (Lipinski definition) is 1. The summed E-state index contributed by atoms with van der Waals surface area (Å²) in [7, 11) is 1.63. The van der Waals surface area contributed by atoms with Crippen LogP contribution in [0.5, 0.6) is 5.75 Å². The molecular weight excluding hydrogens is 256 g/mol. The summed E-state index contributed by atoms with van der Waals surface area (Å²) < 4.78 is 10.3. The number of nitrogens with zero attached hydrogens (tertiary/aromatic N) is 1. The molecule has 0 spiro atoms. The van der Waals surface area contributed by atoms with Gasteiger partial charge in [0.05, 0.1) is 19.3 Å². The highest BCUT2D eigenvalue weighted by Gasteiger charge is 2.07. The van der Waals surface area contributed by atoms with Gasteiger partial charge in [-0.25, -0.2) is 4.98 Å². The molecule has 1 N–H and O–H groups in total. The van der Waals surface area contributed by atoms with Crippen LogP contribution in [-0.2, 0) is 17.8 Å². The second kappa shape index (κ2) is 6.75. The van der Waals surface area contributed by atoms with Gasteiger partial charge < -0.3 is 14.5 Å². The standard InChI is InChI=1S/C15H18N2O3/c1-11-17-13(10-20-11)9-16-15(18)8-7-12-5-3-4-6-14(12)19-2/h3-6,10H,7-9H2,1-2H3,(H,16,18). The van der Waals surface area contributed by atoms with Gasteiger partial charge in [-0.05, 0) is 18.1 Å². The minimum Gasteiger partial charge on any atom is -0.496 e. The van der Waals surface area contributed by atoms with E-state index in [-0.39, 0.29) is 5.91 Å². The molecule has 0 unspecified atom stereocenters. The normalized spacial score (nSPS) is 10.3. The van der Waals surface area contributed by atoms with Crippen LogP contribution in [0.25, 0.3) is 0 Å². The van der Waals surface area contributed by atoms with Crippen molar-refractivity contribution in [2.24, 2.45) is 0 Å². The molecule has 2 aromatic rings. The average molecular weight is 274 g/mol. The van der Waals surface area contributed by atoms with Gasteiger partial charge in [-0.1, -0.05) is 18.2 Å². The highest BCUT2D eigenvalue weighted by molar-refractivity contribution is 5.76. The molecule has 1 aromatic heterocycles. The highest BCUT2D eigenvalue weighted by Crippen LogP contribution is 2.18. The number of benzene rings is 1. The van der Waals surface area contributed by atoms with Gasteiger partial charge in [-0.15, -0.1) is 0 Å². The Morgan fingerprint density at radius 3 is 2.90 bits per heavy atom. The minimum absolute atomic E-state index is 0.0171. The van der Waals surface area contributed by atoms with Crippen molar-refractivity contribution in [3.8, 4) is 5.75 Å². The van der Waals surface area contributed by atoms with Crippen LogP contribution >= 0.6 is 0 Å². The number of carbonyl (C=O) groups excluding carboxylic acids is 1. The predicted octanol–water partition coefficient (Wildman–Crippen LogP) is 2.24. The molecule has 5 heteroatoms. The van der Waals surface area contributed by atoms with Crippen LogP contribution in [0.3, 0.4) is 0 Å². The molecule has 1 aromatic carbocycles. The van der Waals surface area contributed by atoms with E-state index < -0.39 is 0 Å². The van der Waals surface area contributed by atoms with E-state index in [2.05, 4.69) is 10.3 Å². The molecule has 0 radical (unpaired) electrons. The third kappa shape index (κ3) is 3.85. The molecule has 0 aliphatic carbocycles. The van der Waals surface area contributed by atoms with E-state index in [1.54, 1.807) is 20.3 Å². The van der Waals surface area contributed by atoms with Crippen molar-refractivity contribution in [2.75, 3.05) is 7.11 Å². The fourth-order valence-electron chi connectivity index (χ4n) is 1.92. The van der Waals surface area contributed by atoms with Gasteiger partial charge in [0.25, 0.3) is 0 Å². The molecule has 0 fully saturated rings. The van der Waals surface area contributed by atoms with Crippen molar-refractivity contribution in [2.45, 2.75) is 26.3 Å². The summed E-state index contributed by atoms with van der Waals surface area (Å²) in [5.41, 5.74) is 1.76. The Kier molecular flexibility index (Phi) is 4.76. The number of carbonyl (C=O) groups is 1. The number of nitrogens with one attached hydrogen (secondary N) is 1. The zero-order chi connectivity index (χ0) is 14.4. The molecule has 0 bridgehead atoms. The third-order valence-corrected chi connectivity index (χ3v) is 2.95. The van der Waals surface area contributed by atoms with Gasteiger partial charge in [-0.3, -0.25) is 4.79 Å². The summed E-state index contributed by atoms with van der Waals surface area (Å²) in [5, 5.41) is 2.82. The van der Waals surface area contributed by atoms with Crippen LogP contribution in [0.2, 0.25) is 0 Å². The molecular formula is C15H18N2O3. The van der Waals surface area contributed by atoms with Crippen molar-refractivity contribution >= 4 is 5.91 Å². The van der Waals surface area contributed by atoms with Crippen molar-refractivity contribution in [3.63, 3.8) is 0 Å². The van der Waals surface area contributed by atoms with E-state index in [9.17, 15) is 4.79 Å². The number of oxazole rings is 1. The Hall–Kier alpha value is -2.30. The van der Waals surface area contributed by atoms with E-state index in [1.807, 2.05) is 24.3 Å². The zero-order valence-electron chi connectivity index (χ0n) is 11.7. The largest absolute Gasteiger partial charge is 0.496 e. The summed E-state index contributed by atoms with van der Waals surface area (Å²) in [6, 6.07) is 7.71. The molecule has 2 rings (SSSR count). The van der Waals surface area contributed by atoms with Gasteiger partial charge in [0.15, 0.2) is 5.89 Å². The highest BCUT2D eigenvalue weighted by atomic mass is 16.5. The Morgan fingerprint density at radius 1 is 1.40 bits per heavy atom. The first-order valence-corrected chi connectivity index (χ1v) is 6.48. The van der Waals surface area contributed by atoms with Crippen molar-refractivity contribution in [1.82, 2.24) is 10.3 Å². The number of hydrogen-bond acceptors (Lipinski definition) is 4. The van der Waals surface area contributed by atoms with Crippen molar-refractivity contribution in [1.29, 1.82) is 0 Å². The van der Waals surface area contributed by atoms with Crippen LogP contribution in [0.15, 0.2) is 34.9 Å². The molecule has 20 heavy (non-hydrogen) atoms. The Labute approximate surface area is 118 Å². The number of aryl methyl sites for hydroxylation is 2. The lowest BCUT2D eigenvalue weighted by molar-refractivity contribution is -0.121. The summed E-state index contributed by atoms with van der Waals surface area (Å²) in [6.45, 7) is 2.16.